The number of nitrogens with zero attached hydrogens (tertiary/aromatic N) is 1. The van der Waals surface area contributed by atoms with Crippen LogP contribution in [0.5, 0.6) is 0 Å². The maximum Gasteiger partial charge on any atom is 0.235 e. The van der Waals surface area contributed by atoms with Crippen molar-refractivity contribution in [3.05, 3.63) is 0 Å². The molecule has 0 saturated carbocycles. The second kappa shape index (κ2) is 8.51. The number of thiocarbonyl (C=S) groups is 1. The fourth-order valence-corrected chi connectivity index (χ4v) is 2.75. The molecule has 0 fully saturated rings. The van der Waals surface area contributed by atoms with Gasteiger partial charge in [0.25, 0.3) is 0 Å². The molecule has 0 heterocycles. The normalized spacial score (nSPS) is 11.7. The largest absolute Gasteiger partial charge is 0.392 e. The second-order valence-electron chi connectivity index (χ2n) is 5.86. The average Bonchev–Trinajstić information content (AvgIpc) is 2.34. The van der Waals surface area contributed by atoms with E-state index in [1.54, 1.807) is 0 Å². The number of hydrogen-bond donors (Lipinski definition) is 1. The molecule has 0 atom stereocenters. The number of nitrogens with two attached hydrogens (primary N) is 1. The molecule has 0 rings (SSSR count). The summed E-state index contributed by atoms with van der Waals surface area (Å²) in [6.07, 6.45) is 4.35. The Balaban J connectivity index is 5.02. The van der Waals surface area contributed by atoms with Crippen LogP contribution in [0.2, 0.25) is 0 Å². The van der Waals surface area contributed by atoms with Crippen molar-refractivity contribution in [1.82, 2.24) is 4.90 Å². The Bertz CT molecular complexity index is 297. The van der Waals surface area contributed by atoms with Crippen LogP contribution in [0, 0.1) is 11.3 Å². The molecule has 0 aromatic heterocycles. The van der Waals surface area contributed by atoms with Gasteiger partial charge in [0, 0.05) is 13.6 Å². The van der Waals surface area contributed by atoms with Crippen molar-refractivity contribution in [2.75, 3.05) is 13.6 Å². The minimum absolute atomic E-state index is 0.101. The molecule has 0 unspecified atom stereocenters. The van der Waals surface area contributed by atoms with E-state index < -0.39 is 5.41 Å². The fourth-order valence-electron chi connectivity index (χ4n) is 2.46. The molecule has 0 aromatic carbocycles. The van der Waals surface area contributed by atoms with E-state index in [0.29, 0.717) is 10.9 Å². The minimum Gasteiger partial charge on any atom is -0.392 e. The molecule has 1 amide bonds. The van der Waals surface area contributed by atoms with Crippen molar-refractivity contribution in [1.29, 1.82) is 0 Å². The molecule has 4 heteroatoms. The molecule has 3 nitrogen and oxygen atoms in total. The van der Waals surface area contributed by atoms with Crippen LogP contribution >= 0.6 is 12.2 Å². The van der Waals surface area contributed by atoms with Gasteiger partial charge < -0.3 is 10.6 Å². The molecular formula is C15H30N2OS. The van der Waals surface area contributed by atoms with Gasteiger partial charge in [-0.15, -0.1) is 0 Å². The smallest absolute Gasteiger partial charge is 0.235 e. The van der Waals surface area contributed by atoms with Gasteiger partial charge in [-0.3, -0.25) is 4.79 Å². The lowest BCUT2D eigenvalue weighted by molar-refractivity contribution is -0.137. The van der Waals surface area contributed by atoms with Crippen molar-refractivity contribution < 1.29 is 4.79 Å². The van der Waals surface area contributed by atoms with E-state index >= 15 is 0 Å². The Hall–Kier alpha value is -0.640. The first-order valence-electron chi connectivity index (χ1n) is 7.37. The second-order valence-corrected chi connectivity index (χ2v) is 6.30. The standard InChI is InChI=1S/C15H30N2OS/c1-6-9-15(10-7-2,13(16)19)14(18)17(5)11-8-12(3)4/h12H,6-11H2,1-5H3,(H2,16,19). The third-order valence-electron chi connectivity index (χ3n) is 3.62. The van der Waals surface area contributed by atoms with E-state index in [9.17, 15) is 4.79 Å². The molecule has 0 aliphatic carbocycles. The lowest BCUT2D eigenvalue weighted by Gasteiger charge is -2.35. The zero-order valence-corrected chi connectivity index (χ0v) is 14.0. The Labute approximate surface area is 123 Å². The third kappa shape index (κ3) is 5.09. The van der Waals surface area contributed by atoms with E-state index in [2.05, 4.69) is 27.7 Å². The highest BCUT2D eigenvalue weighted by Crippen LogP contribution is 2.32. The molecule has 0 radical (unpaired) electrons. The summed E-state index contributed by atoms with van der Waals surface area (Å²) >= 11 is 5.22. The Kier molecular flexibility index (Phi) is 8.23. The maximum atomic E-state index is 12.8. The summed E-state index contributed by atoms with van der Waals surface area (Å²) in [6.45, 7) is 9.25. The van der Waals surface area contributed by atoms with Crippen LogP contribution in [0.3, 0.4) is 0 Å². The van der Waals surface area contributed by atoms with E-state index in [0.717, 1.165) is 38.6 Å². The quantitative estimate of drug-likeness (QED) is 0.661. The Morgan fingerprint density at radius 3 is 2.05 bits per heavy atom. The summed E-state index contributed by atoms with van der Waals surface area (Å²) in [6, 6.07) is 0. The lowest BCUT2D eigenvalue weighted by Crippen LogP contribution is -2.49. The Morgan fingerprint density at radius 1 is 1.26 bits per heavy atom. The Morgan fingerprint density at radius 2 is 1.74 bits per heavy atom. The van der Waals surface area contributed by atoms with Gasteiger partial charge in [0.1, 0.15) is 0 Å². The van der Waals surface area contributed by atoms with Crippen LogP contribution in [-0.2, 0) is 4.79 Å². The van der Waals surface area contributed by atoms with E-state index in [1.807, 2.05) is 11.9 Å². The lowest BCUT2D eigenvalue weighted by atomic mass is 9.77. The van der Waals surface area contributed by atoms with Crippen molar-refractivity contribution in [3.63, 3.8) is 0 Å². The average molecular weight is 286 g/mol. The summed E-state index contributed by atoms with van der Waals surface area (Å²) in [5, 5.41) is 0. The number of rotatable bonds is 9. The molecule has 2 N–H and O–H groups in total. The molecule has 0 aromatic rings. The zero-order valence-electron chi connectivity index (χ0n) is 13.2. The van der Waals surface area contributed by atoms with Gasteiger partial charge in [-0.2, -0.15) is 0 Å². The van der Waals surface area contributed by atoms with E-state index in [-0.39, 0.29) is 5.91 Å². The van der Waals surface area contributed by atoms with Crippen LogP contribution in [0.4, 0.5) is 0 Å². The predicted octanol–water partition coefficient (Wildman–Crippen LogP) is 3.36. The number of carbonyl (C=O) groups is 1. The highest BCUT2D eigenvalue weighted by Gasteiger charge is 2.41. The van der Waals surface area contributed by atoms with Crippen molar-refractivity contribution in [2.24, 2.45) is 17.1 Å². The maximum absolute atomic E-state index is 12.8. The van der Waals surface area contributed by atoms with Gasteiger partial charge in [0.2, 0.25) is 5.91 Å². The van der Waals surface area contributed by atoms with Gasteiger partial charge in [-0.25, -0.2) is 0 Å². The topological polar surface area (TPSA) is 46.3 Å². The van der Waals surface area contributed by atoms with Crippen LogP contribution in [0.25, 0.3) is 0 Å². The summed E-state index contributed by atoms with van der Waals surface area (Å²) in [7, 11) is 1.86. The molecule has 0 aliphatic rings. The van der Waals surface area contributed by atoms with Crippen molar-refractivity contribution in [2.45, 2.75) is 59.8 Å². The van der Waals surface area contributed by atoms with Gasteiger partial charge in [-0.05, 0) is 25.2 Å². The highest BCUT2D eigenvalue weighted by molar-refractivity contribution is 7.80. The van der Waals surface area contributed by atoms with Crippen LogP contribution in [0.1, 0.15) is 59.8 Å². The number of hydrogen-bond acceptors (Lipinski definition) is 2. The van der Waals surface area contributed by atoms with Gasteiger partial charge in [0.05, 0.1) is 10.4 Å². The van der Waals surface area contributed by atoms with Crippen LogP contribution < -0.4 is 5.73 Å². The molecule has 0 saturated heterocycles. The van der Waals surface area contributed by atoms with E-state index in [1.165, 1.54) is 0 Å². The van der Waals surface area contributed by atoms with Crippen molar-refractivity contribution >= 4 is 23.1 Å². The highest BCUT2D eigenvalue weighted by atomic mass is 32.1. The molecule has 112 valence electrons. The summed E-state index contributed by atoms with van der Waals surface area (Å²) in [5.41, 5.74) is 5.29. The molecule has 0 spiro atoms. The molecule has 19 heavy (non-hydrogen) atoms. The van der Waals surface area contributed by atoms with Gasteiger partial charge in [0.15, 0.2) is 0 Å². The minimum atomic E-state index is -0.634. The summed E-state index contributed by atoms with van der Waals surface area (Å²) in [5.74, 6) is 0.691. The number of amides is 1. The summed E-state index contributed by atoms with van der Waals surface area (Å²) < 4.78 is 0. The van der Waals surface area contributed by atoms with Gasteiger partial charge in [-0.1, -0.05) is 52.8 Å². The molecule has 0 aliphatic heterocycles. The van der Waals surface area contributed by atoms with E-state index in [4.69, 9.17) is 18.0 Å². The first kappa shape index (κ1) is 18.4. The summed E-state index contributed by atoms with van der Waals surface area (Å²) in [4.78, 5) is 14.9. The first-order chi connectivity index (χ1) is 8.81. The first-order valence-corrected chi connectivity index (χ1v) is 7.78. The SMILES string of the molecule is CCCC(CCC)(C(=O)N(C)CCC(C)C)C(N)=S. The van der Waals surface area contributed by atoms with Crippen LogP contribution in [0.15, 0.2) is 0 Å². The van der Waals surface area contributed by atoms with Gasteiger partial charge >= 0.3 is 0 Å². The zero-order chi connectivity index (χ0) is 15.1. The van der Waals surface area contributed by atoms with Crippen molar-refractivity contribution in [3.8, 4) is 0 Å². The van der Waals surface area contributed by atoms with Crippen LogP contribution in [-0.4, -0.2) is 29.4 Å². The predicted molar refractivity (Wildman–Crippen MR) is 86.1 cm³/mol. The fraction of sp³-hybridized carbons (Fsp3) is 0.867. The number of carbonyl (C=O) groups excluding carboxylic acids is 1. The third-order valence-corrected chi connectivity index (χ3v) is 4.01. The molecular weight excluding hydrogens is 256 g/mol. The monoisotopic (exact) mass is 286 g/mol. The molecule has 0 bridgehead atoms.